The minimum absolute atomic E-state index is 0.177. The molecule has 0 radical (unpaired) electrons. The lowest BCUT2D eigenvalue weighted by Gasteiger charge is -2.04. The number of hydrogen-bond donors (Lipinski definition) is 2. The van der Waals surface area contributed by atoms with E-state index in [0.29, 0.717) is 11.3 Å². The van der Waals surface area contributed by atoms with Gasteiger partial charge in [-0.3, -0.25) is 0 Å². The summed E-state index contributed by atoms with van der Waals surface area (Å²) in [6.07, 6.45) is 0. The molecule has 2 aromatic carbocycles. The molecular formula is C15H14N2O3. The fourth-order valence-electron chi connectivity index (χ4n) is 1.77. The number of aromatic hydroxyl groups is 1. The Kier molecular flexibility index (Phi) is 3.79. The summed E-state index contributed by atoms with van der Waals surface area (Å²) < 4.78 is 0. The van der Waals surface area contributed by atoms with Crippen LogP contribution in [0.1, 0.15) is 21.5 Å². The van der Waals surface area contributed by atoms with Gasteiger partial charge in [0.15, 0.2) is 0 Å². The molecule has 0 fully saturated rings. The van der Waals surface area contributed by atoms with Crippen LogP contribution in [0, 0.1) is 13.8 Å². The number of nitrogens with zero attached hydrogens (tertiary/aromatic N) is 2. The van der Waals surface area contributed by atoms with Crippen molar-refractivity contribution in [2.24, 2.45) is 10.2 Å². The Bertz CT molecular complexity index is 694. The molecule has 0 atom stereocenters. The maximum Gasteiger partial charge on any atom is 0.339 e. The summed E-state index contributed by atoms with van der Waals surface area (Å²) in [6.45, 7) is 3.54. The van der Waals surface area contributed by atoms with E-state index in [-0.39, 0.29) is 11.3 Å². The van der Waals surface area contributed by atoms with Crippen molar-refractivity contribution in [3.05, 3.63) is 53.1 Å². The van der Waals surface area contributed by atoms with Crippen LogP contribution in [0.3, 0.4) is 0 Å². The Morgan fingerprint density at radius 1 is 1.05 bits per heavy atom. The molecule has 0 amide bonds. The van der Waals surface area contributed by atoms with Crippen molar-refractivity contribution in [1.82, 2.24) is 0 Å². The average molecular weight is 270 g/mol. The third kappa shape index (κ3) is 2.83. The van der Waals surface area contributed by atoms with Gasteiger partial charge in [-0.2, -0.15) is 10.2 Å². The van der Waals surface area contributed by atoms with Crippen molar-refractivity contribution < 1.29 is 15.0 Å². The topological polar surface area (TPSA) is 82.2 Å². The molecule has 0 aliphatic heterocycles. The van der Waals surface area contributed by atoms with Crippen LogP contribution in [-0.4, -0.2) is 16.2 Å². The van der Waals surface area contributed by atoms with Gasteiger partial charge in [-0.25, -0.2) is 4.79 Å². The van der Waals surface area contributed by atoms with Crippen LogP contribution in [0.2, 0.25) is 0 Å². The summed E-state index contributed by atoms with van der Waals surface area (Å²) in [6, 6.07) is 10.4. The maximum absolute atomic E-state index is 11.0. The lowest BCUT2D eigenvalue weighted by atomic mass is 10.1. The van der Waals surface area contributed by atoms with Gasteiger partial charge in [0.25, 0.3) is 0 Å². The number of carbonyl (C=O) groups is 1. The molecule has 0 spiro atoms. The highest BCUT2D eigenvalue weighted by Crippen LogP contribution is 2.29. The number of aryl methyl sites for hydroxylation is 2. The smallest absolute Gasteiger partial charge is 0.339 e. The van der Waals surface area contributed by atoms with Crippen molar-refractivity contribution in [2.45, 2.75) is 13.8 Å². The van der Waals surface area contributed by atoms with Crippen molar-refractivity contribution in [3.8, 4) is 5.75 Å². The second-order valence-corrected chi connectivity index (χ2v) is 4.45. The Morgan fingerprint density at radius 3 is 2.40 bits per heavy atom. The monoisotopic (exact) mass is 270 g/mol. The molecular weight excluding hydrogens is 256 g/mol. The lowest BCUT2D eigenvalue weighted by molar-refractivity contribution is 0.0693. The predicted octanol–water partition coefficient (Wildman–Crippen LogP) is 4.12. The molecule has 0 unspecified atom stereocenters. The number of rotatable bonds is 3. The van der Waals surface area contributed by atoms with Crippen molar-refractivity contribution in [2.75, 3.05) is 0 Å². The Morgan fingerprint density at radius 2 is 1.75 bits per heavy atom. The molecule has 0 aromatic heterocycles. The highest BCUT2D eigenvalue weighted by atomic mass is 16.4. The van der Waals surface area contributed by atoms with Crippen LogP contribution in [-0.2, 0) is 0 Å². The van der Waals surface area contributed by atoms with Gasteiger partial charge in [0, 0.05) is 0 Å². The minimum Gasteiger partial charge on any atom is -0.507 e. The molecule has 0 bridgehead atoms. The summed E-state index contributed by atoms with van der Waals surface area (Å²) in [4.78, 5) is 11.0. The van der Waals surface area contributed by atoms with E-state index in [1.165, 1.54) is 6.07 Å². The zero-order chi connectivity index (χ0) is 14.7. The first kappa shape index (κ1) is 13.7. The normalized spacial score (nSPS) is 10.9. The molecule has 20 heavy (non-hydrogen) atoms. The van der Waals surface area contributed by atoms with E-state index in [9.17, 15) is 9.90 Å². The molecule has 2 aromatic rings. The van der Waals surface area contributed by atoms with E-state index in [4.69, 9.17) is 5.11 Å². The van der Waals surface area contributed by atoms with Crippen LogP contribution < -0.4 is 0 Å². The zero-order valence-corrected chi connectivity index (χ0v) is 11.2. The van der Waals surface area contributed by atoms with Gasteiger partial charge in [-0.05, 0) is 43.2 Å². The summed E-state index contributed by atoms with van der Waals surface area (Å²) in [5.74, 6) is -1.44. The molecule has 2 rings (SSSR count). The van der Waals surface area contributed by atoms with Crippen LogP contribution in [0.15, 0.2) is 46.6 Å². The van der Waals surface area contributed by atoms with Crippen molar-refractivity contribution in [1.29, 1.82) is 0 Å². The standard InChI is InChI=1S/C15H14N2O3/c1-9-5-3-4-6-13(9)17-16-11-7-10(2)14(18)12(8-11)15(19)20/h3-8,18H,1-2H3,(H,19,20). The van der Waals surface area contributed by atoms with E-state index < -0.39 is 5.97 Å². The molecule has 0 heterocycles. The van der Waals surface area contributed by atoms with Gasteiger partial charge in [-0.15, -0.1) is 0 Å². The van der Waals surface area contributed by atoms with Crippen LogP contribution in [0.25, 0.3) is 0 Å². The third-order valence-corrected chi connectivity index (χ3v) is 2.90. The Hall–Kier alpha value is -2.69. The van der Waals surface area contributed by atoms with Gasteiger partial charge in [0.1, 0.15) is 11.3 Å². The highest BCUT2D eigenvalue weighted by Gasteiger charge is 2.13. The molecule has 5 nitrogen and oxygen atoms in total. The number of aromatic carboxylic acids is 1. The van der Waals surface area contributed by atoms with E-state index in [0.717, 1.165) is 11.3 Å². The predicted molar refractivity (Wildman–Crippen MR) is 75.2 cm³/mol. The summed E-state index contributed by atoms with van der Waals surface area (Å²) in [5, 5.41) is 26.8. The zero-order valence-electron chi connectivity index (χ0n) is 11.2. The fourth-order valence-corrected chi connectivity index (χ4v) is 1.77. The second kappa shape index (κ2) is 5.52. The van der Waals surface area contributed by atoms with E-state index in [2.05, 4.69) is 10.2 Å². The first-order chi connectivity index (χ1) is 9.49. The molecule has 0 saturated carbocycles. The van der Waals surface area contributed by atoms with Gasteiger partial charge < -0.3 is 10.2 Å². The van der Waals surface area contributed by atoms with Gasteiger partial charge in [0.2, 0.25) is 0 Å². The third-order valence-electron chi connectivity index (χ3n) is 2.90. The quantitative estimate of drug-likeness (QED) is 0.823. The number of carboxylic acid groups (broad SMARTS) is 1. The maximum atomic E-state index is 11.0. The molecule has 0 saturated heterocycles. The van der Waals surface area contributed by atoms with E-state index in [1.54, 1.807) is 13.0 Å². The SMILES string of the molecule is Cc1ccccc1N=Nc1cc(C)c(O)c(C(=O)O)c1. The molecule has 0 aliphatic rings. The summed E-state index contributed by atoms with van der Waals surface area (Å²) >= 11 is 0. The van der Waals surface area contributed by atoms with Crippen LogP contribution in [0.5, 0.6) is 5.75 Å². The first-order valence-electron chi connectivity index (χ1n) is 6.03. The average Bonchev–Trinajstić information content (AvgIpc) is 2.41. The lowest BCUT2D eigenvalue weighted by Crippen LogP contribution is -1.97. The summed E-state index contributed by atoms with van der Waals surface area (Å²) in [7, 11) is 0. The highest BCUT2D eigenvalue weighted by molar-refractivity contribution is 5.92. The van der Waals surface area contributed by atoms with Gasteiger partial charge >= 0.3 is 5.97 Å². The molecule has 0 aliphatic carbocycles. The van der Waals surface area contributed by atoms with Gasteiger partial charge in [-0.1, -0.05) is 18.2 Å². The van der Waals surface area contributed by atoms with Crippen molar-refractivity contribution >= 4 is 17.3 Å². The number of azo groups is 1. The molecule has 102 valence electrons. The molecule has 5 heteroatoms. The largest absolute Gasteiger partial charge is 0.507 e. The van der Waals surface area contributed by atoms with E-state index >= 15 is 0 Å². The van der Waals surface area contributed by atoms with Gasteiger partial charge in [0.05, 0.1) is 11.4 Å². The van der Waals surface area contributed by atoms with Crippen LogP contribution >= 0.6 is 0 Å². The second-order valence-electron chi connectivity index (χ2n) is 4.45. The van der Waals surface area contributed by atoms with E-state index in [1.807, 2.05) is 31.2 Å². The number of hydrogen-bond acceptors (Lipinski definition) is 4. The molecule has 2 N–H and O–H groups in total. The summed E-state index contributed by atoms with van der Waals surface area (Å²) in [5.41, 5.74) is 2.36. The Balaban J connectivity index is 2.40. The number of phenols is 1. The number of benzene rings is 2. The van der Waals surface area contributed by atoms with Crippen LogP contribution in [0.4, 0.5) is 11.4 Å². The van der Waals surface area contributed by atoms with Crippen molar-refractivity contribution in [3.63, 3.8) is 0 Å². The number of carboxylic acids is 1. The fraction of sp³-hybridized carbons (Fsp3) is 0.133. The first-order valence-corrected chi connectivity index (χ1v) is 6.03. The minimum atomic E-state index is -1.20. The Labute approximate surface area is 116 Å².